The minimum absolute atomic E-state index is 0.819. The van der Waals surface area contributed by atoms with Crippen molar-refractivity contribution in [3.05, 3.63) is 170 Å². The maximum atomic E-state index is 6.54. The summed E-state index contributed by atoms with van der Waals surface area (Å²) in [7, 11) is 0. The molecular weight excluding hydrogens is 585 g/mol. The fraction of sp³-hybridized carbons (Fsp3) is 0. The zero-order chi connectivity index (χ0) is 31.6. The number of ether oxygens (including phenoxy) is 1. The lowest BCUT2D eigenvalue weighted by atomic mass is 9.86. The first-order valence-corrected chi connectivity index (χ1v) is 16.3. The Morgan fingerprint density at radius 1 is 0.396 bits per heavy atom. The van der Waals surface area contributed by atoms with Crippen molar-refractivity contribution in [2.24, 2.45) is 0 Å². The van der Waals surface area contributed by atoms with E-state index >= 15 is 0 Å². The Balaban J connectivity index is 1.09. The summed E-state index contributed by atoms with van der Waals surface area (Å²) >= 11 is 0. The largest absolute Gasteiger partial charge is 0.453 e. The van der Waals surface area contributed by atoms with Crippen LogP contribution in [0.5, 0.6) is 11.5 Å². The molecule has 0 unspecified atom stereocenters. The van der Waals surface area contributed by atoms with Crippen LogP contribution in [0.25, 0.3) is 83.0 Å². The number of hydrogen-bond donors (Lipinski definition) is 0. The molecular formula is C45H28N2O. The Morgan fingerprint density at radius 3 is 1.54 bits per heavy atom. The molecule has 0 saturated carbocycles. The van der Waals surface area contributed by atoms with Crippen molar-refractivity contribution in [1.82, 2.24) is 9.55 Å². The van der Waals surface area contributed by atoms with Gasteiger partial charge in [0, 0.05) is 5.56 Å². The van der Waals surface area contributed by atoms with Gasteiger partial charge in [0.25, 0.3) is 0 Å². The van der Waals surface area contributed by atoms with Crippen LogP contribution in [0, 0.1) is 0 Å². The van der Waals surface area contributed by atoms with E-state index in [1.807, 2.05) is 24.3 Å². The first-order valence-electron chi connectivity index (χ1n) is 16.3. The van der Waals surface area contributed by atoms with Gasteiger partial charge in [-0.2, -0.15) is 0 Å². The normalized spacial score (nSPS) is 11.9. The third-order valence-electron chi connectivity index (χ3n) is 9.59. The molecule has 8 aromatic carbocycles. The Hall–Kier alpha value is -6.45. The fourth-order valence-electron chi connectivity index (χ4n) is 7.46. The molecule has 2 heterocycles. The molecule has 3 heteroatoms. The van der Waals surface area contributed by atoms with Crippen LogP contribution in [0.15, 0.2) is 170 Å². The van der Waals surface area contributed by atoms with Crippen LogP contribution in [-0.2, 0) is 0 Å². The van der Waals surface area contributed by atoms with Gasteiger partial charge in [-0.05, 0) is 79.2 Å². The standard InChI is InChI=1S/C45H28N2O/c1-3-12-30(13-4-1)42-34-16-7-9-18-36(34)43(37-19-10-8-17-35(37)42)31-24-22-29(23-25-31)33-26-27-39-41(28-33)48-40-21-11-20-38-44(40)47(39)45(46-38)32-14-5-2-6-15-32/h1-28H. The fourth-order valence-corrected chi connectivity index (χ4v) is 7.46. The van der Waals surface area contributed by atoms with E-state index in [-0.39, 0.29) is 0 Å². The number of hydrogen-bond acceptors (Lipinski definition) is 2. The van der Waals surface area contributed by atoms with Crippen LogP contribution in [0.1, 0.15) is 0 Å². The minimum Gasteiger partial charge on any atom is -0.453 e. The van der Waals surface area contributed by atoms with E-state index in [1.54, 1.807) is 0 Å². The van der Waals surface area contributed by atoms with Gasteiger partial charge in [0.2, 0.25) is 0 Å². The van der Waals surface area contributed by atoms with Gasteiger partial charge in [0.05, 0.1) is 11.2 Å². The zero-order valence-corrected chi connectivity index (χ0v) is 26.0. The third-order valence-corrected chi connectivity index (χ3v) is 9.59. The van der Waals surface area contributed by atoms with Crippen molar-refractivity contribution in [3.8, 4) is 62.0 Å². The van der Waals surface area contributed by atoms with Crippen molar-refractivity contribution >= 4 is 32.6 Å². The molecule has 48 heavy (non-hydrogen) atoms. The molecule has 0 spiro atoms. The molecule has 1 aromatic heterocycles. The molecule has 1 aliphatic heterocycles. The molecule has 0 radical (unpaired) electrons. The highest BCUT2D eigenvalue weighted by molar-refractivity contribution is 6.21. The Labute approximate surface area is 278 Å². The summed E-state index contributed by atoms with van der Waals surface area (Å²) in [5.74, 6) is 2.55. The van der Waals surface area contributed by atoms with Crippen molar-refractivity contribution < 1.29 is 4.74 Å². The second-order valence-corrected chi connectivity index (χ2v) is 12.3. The average molecular weight is 613 g/mol. The van der Waals surface area contributed by atoms with Crippen LogP contribution in [-0.4, -0.2) is 9.55 Å². The second kappa shape index (κ2) is 10.5. The molecule has 0 N–H and O–H groups in total. The molecule has 0 saturated heterocycles. The Kier molecular flexibility index (Phi) is 5.87. The number of benzene rings is 8. The van der Waals surface area contributed by atoms with E-state index in [0.717, 1.165) is 50.7 Å². The van der Waals surface area contributed by atoms with Gasteiger partial charge in [-0.25, -0.2) is 4.98 Å². The second-order valence-electron chi connectivity index (χ2n) is 12.3. The number of aromatic nitrogens is 2. The van der Waals surface area contributed by atoms with Crippen LogP contribution in [0.2, 0.25) is 0 Å². The van der Waals surface area contributed by atoms with Crippen molar-refractivity contribution in [2.45, 2.75) is 0 Å². The molecule has 0 fully saturated rings. The van der Waals surface area contributed by atoms with E-state index in [4.69, 9.17) is 9.72 Å². The van der Waals surface area contributed by atoms with Crippen molar-refractivity contribution in [1.29, 1.82) is 0 Å². The summed E-state index contributed by atoms with van der Waals surface area (Å²) in [5.41, 5.74) is 11.2. The topological polar surface area (TPSA) is 27.1 Å². The van der Waals surface area contributed by atoms with Gasteiger partial charge in [-0.1, -0.05) is 146 Å². The molecule has 3 nitrogen and oxygen atoms in total. The summed E-state index contributed by atoms with van der Waals surface area (Å²) in [4.78, 5) is 5.02. The van der Waals surface area contributed by atoms with Crippen LogP contribution >= 0.6 is 0 Å². The summed E-state index contributed by atoms with van der Waals surface area (Å²) in [6, 6.07) is 60.3. The highest BCUT2D eigenvalue weighted by atomic mass is 16.5. The van der Waals surface area contributed by atoms with Gasteiger partial charge in [0.1, 0.15) is 11.3 Å². The maximum Gasteiger partial charge on any atom is 0.153 e. The van der Waals surface area contributed by atoms with Gasteiger partial charge in [-0.15, -0.1) is 0 Å². The molecule has 0 atom stereocenters. The maximum absolute atomic E-state index is 6.54. The molecule has 0 aliphatic carbocycles. The lowest BCUT2D eigenvalue weighted by Crippen LogP contribution is -2.05. The summed E-state index contributed by atoms with van der Waals surface area (Å²) < 4.78 is 8.77. The smallest absolute Gasteiger partial charge is 0.153 e. The van der Waals surface area contributed by atoms with E-state index in [0.29, 0.717) is 0 Å². The first kappa shape index (κ1) is 26.7. The molecule has 1 aliphatic rings. The van der Waals surface area contributed by atoms with Crippen LogP contribution in [0.3, 0.4) is 0 Å². The van der Waals surface area contributed by atoms with E-state index in [9.17, 15) is 0 Å². The van der Waals surface area contributed by atoms with Crippen molar-refractivity contribution in [3.63, 3.8) is 0 Å². The lowest BCUT2D eigenvalue weighted by molar-refractivity contribution is 0.476. The van der Waals surface area contributed by atoms with Crippen LogP contribution < -0.4 is 4.74 Å². The summed E-state index contributed by atoms with van der Waals surface area (Å²) in [6.45, 7) is 0. The molecule has 0 bridgehead atoms. The summed E-state index contributed by atoms with van der Waals surface area (Å²) in [5, 5.41) is 5.03. The first-order chi connectivity index (χ1) is 23.8. The molecule has 10 rings (SSSR count). The van der Waals surface area contributed by atoms with E-state index in [1.165, 1.54) is 43.8 Å². The molecule has 9 aromatic rings. The molecule has 224 valence electrons. The third kappa shape index (κ3) is 4.04. The van der Waals surface area contributed by atoms with Gasteiger partial charge >= 0.3 is 0 Å². The van der Waals surface area contributed by atoms with Gasteiger partial charge < -0.3 is 4.74 Å². The van der Waals surface area contributed by atoms with Crippen LogP contribution in [0.4, 0.5) is 0 Å². The zero-order valence-electron chi connectivity index (χ0n) is 26.0. The summed E-state index contributed by atoms with van der Waals surface area (Å²) in [6.07, 6.45) is 0. The number of imidazole rings is 1. The quantitative estimate of drug-likeness (QED) is 0.185. The number of fused-ring (bicyclic) bond motifs is 4. The number of para-hydroxylation sites is 1. The monoisotopic (exact) mass is 612 g/mol. The SMILES string of the molecule is c1ccc(-c2c3ccccc3c(-c3ccc(-c4ccc5c(c4)Oc4cccc6nc(-c7ccccc7)n-5c46)cc3)c3ccccc23)cc1. The van der Waals surface area contributed by atoms with Crippen molar-refractivity contribution in [2.75, 3.05) is 0 Å². The predicted molar refractivity (Wildman–Crippen MR) is 198 cm³/mol. The highest BCUT2D eigenvalue weighted by Crippen LogP contribution is 2.46. The highest BCUT2D eigenvalue weighted by Gasteiger charge is 2.25. The Morgan fingerprint density at radius 2 is 0.917 bits per heavy atom. The predicted octanol–water partition coefficient (Wildman–Crippen LogP) is 12.1. The van der Waals surface area contributed by atoms with Gasteiger partial charge in [-0.3, -0.25) is 4.57 Å². The molecule has 0 amide bonds. The van der Waals surface area contributed by atoms with Gasteiger partial charge in [0.15, 0.2) is 11.5 Å². The Bertz CT molecular complexity index is 2620. The lowest BCUT2D eigenvalue weighted by Gasteiger charge is -2.22. The minimum atomic E-state index is 0.819. The van der Waals surface area contributed by atoms with E-state index < -0.39 is 0 Å². The number of nitrogens with zero attached hydrogens (tertiary/aromatic N) is 2. The number of rotatable bonds is 4. The van der Waals surface area contributed by atoms with E-state index in [2.05, 4.69) is 150 Å². The average Bonchev–Trinajstić information content (AvgIpc) is 3.55.